The Bertz CT molecular complexity index is 916. The van der Waals surface area contributed by atoms with Crippen LogP contribution in [0.1, 0.15) is 22.5 Å². The summed E-state index contributed by atoms with van der Waals surface area (Å²) in [6, 6.07) is 14.1. The van der Waals surface area contributed by atoms with Crippen molar-refractivity contribution in [3.8, 4) is 5.69 Å². The Labute approximate surface area is 146 Å². The van der Waals surface area contributed by atoms with Crippen LogP contribution < -0.4 is 5.32 Å². The summed E-state index contributed by atoms with van der Waals surface area (Å²) in [4.78, 5) is 12.4. The first-order valence-corrected chi connectivity index (χ1v) is 8.12. The lowest BCUT2D eigenvalue weighted by Crippen LogP contribution is -2.16. The lowest BCUT2D eigenvalue weighted by atomic mass is 10.1. The third-order valence-electron chi connectivity index (χ3n) is 4.24. The zero-order valence-electron chi connectivity index (χ0n) is 14.5. The molecule has 4 nitrogen and oxygen atoms in total. The molecule has 0 radical (unpaired) electrons. The quantitative estimate of drug-likeness (QED) is 0.778. The van der Waals surface area contributed by atoms with Crippen LogP contribution in [0.5, 0.6) is 0 Å². The molecule has 5 heteroatoms. The number of carbonyl (C=O) groups excluding carboxylic acids is 1. The minimum Gasteiger partial charge on any atom is -0.326 e. The largest absolute Gasteiger partial charge is 0.326 e. The molecule has 0 aliphatic heterocycles. The highest BCUT2D eigenvalue weighted by Crippen LogP contribution is 2.20. The van der Waals surface area contributed by atoms with Crippen molar-refractivity contribution in [3.05, 3.63) is 76.9 Å². The standard InChI is InChI=1S/C20H20FN3O/c1-13-11-16(21)9-10-19(13)22-20(25)12-18-14(2)23-24(15(18)3)17-7-5-4-6-8-17/h4-11H,12H2,1-3H3,(H,22,25). The van der Waals surface area contributed by atoms with Crippen molar-refractivity contribution in [1.82, 2.24) is 9.78 Å². The van der Waals surface area contributed by atoms with Crippen molar-refractivity contribution in [2.24, 2.45) is 0 Å². The van der Waals surface area contributed by atoms with Crippen LogP contribution in [0.2, 0.25) is 0 Å². The number of aromatic nitrogens is 2. The number of hydrogen-bond donors (Lipinski definition) is 1. The molecule has 0 aliphatic carbocycles. The fourth-order valence-electron chi connectivity index (χ4n) is 2.87. The van der Waals surface area contributed by atoms with Crippen molar-refractivity contribution >= 4 is 11.6 Å². The van der Waals surface area contributed by atoms with Gasteiger partial charge >= 0.3 is 0 Å². The molecule has 128 valence electrons. The number of nitrogens with one attached hydrogen (secondary N) is 1. The number of amides is 1. The molecular weight excluding hydrogens is 317 g/mol. The molecule has 1 amide bonds. The molecule has 0 saturated heterocycles. The summed E-state index contributed by atoms with van der Waals surface area (Å²) >= 11 is 0. The van der Waals surface area contributed by atoms with E-state index in [4.69, 9.17) is 0 Å². The van der Waals surface area contributed by atoms with E-state index in [2.05, 4.69) is 10.4 Å². The fraction of sp³-hybridized carbons (Fsp3) is 0.200. The van der Waals surface area contributed by atoms with E-state index in [1.54, 1.807) is 13.0 Å². The van der Waals surface area contributed by atoms with Gasteiger partial charge in [0.2, 0.25) is 5.91 Å². The molecule has 0 fully saturated rings. The lowest BCUT2D eigenvalue weighted by Gasteiger charge is -2.09. The van der Waals surface area contributed by atoms with Gasteiger partial charge in [-0.3, -0.25) is 4.79 Å². The van der Waals surface area contributed by atoms with Crippen LogP contribution in [0.3, 0.4) is 0 Å². The van der Waals surface area contributed by atoms with Crippen molar-refractivity contribution in [2.45, 2.75) is 27.2 Å². The first-order valence-electron chi connectivity index (χ1n) is 8.12. The maximum absolute atomic E-state index is 13.2. The van der Waals surface area contributed by atoms with Gasteiger partial charge in [0.1, 0.15) is 5.82 Å². The normalized spacial score (nSPS) is 10.7. The molecule has 3 rings (SSSR count). The molecule has 1 aromatic heterocycles. The van der Waals surface area contributed by atoms with Gasteiger partial charge in [-0.15, -0.1) is 0 Å². The second kappa shape index (κ2) is 6.89. The topological polar surface area (TPSA) is 46.9 Å². The Morgan fingerprint density at radius 3 is 2.52 bits per heavy atom. The molecule has 1 heterocycles. The first-order chi connectivity index (χ1) is 12.0. The van der Waals surface area contributed by atoms with Crippen LogP contribution in [0.15, 0.2) is 48.5 Å². The summed E-state index contributed by atoms with van der Waals surface area (Å²) in [7, 11) is 0. The van der Waals surface area contributed by atoms with E-state index in [1.807, 2.05) is 48.9 Å². The van der Waals surface area contributed by atoms with Crippen LogP contribution >= 0.6 is 0 Å². The molecule has 0 saturated carbocycles. The molecule has 0 atom stereocenters. The SMILES string of the molecule is Cc1cc(F)ccc1NC(=O)Cc1c(C)nn(-c2ccccc2)c1C. The number of halogens is 1. The highest BCUT2D eigenvalue weighted by molar-refractivity contribution is 5.93. The van der Waals surface area contributed by atoms with Gasteiger partial charge in [0.25, 0.3) is 0 Å². The van der Waals surface area contributed by atoms with Gasteiger partial charge in [-0.25, -0.2) is 9.07 Å². The Kier molecular flexibility index (Phi) is 4.65. The van der Waals surface area contributed by atoms with Crippen molar-refractivity contribution < 1.29 is 9.18 Å². The third-order valence-corrected chi connectivity index (χ3v) is 4.24. The zero-order chi connectivity index (χ0) is 18.0. The number of anilines is 1. The second-order valence-electron chi connectivity index (χ2n) is 6.08. The van der Waals surface area contributed by atoms with Crippen molar-refractivity contribution in [1.29, 1.82) is 0 Å². The average Bonchev–Trinajstić information content (AvgIpc) is 2.86. The van der Waals surface area contributed by atoms with E-state index < -0.39 is 0 Å². The van der Waals surface area contributed by atoms with Crippen LogP contribution in [0, 0.1) is 26.6 Å². The number of aryl methyl sites for hydroxylation is 2. The summed E-state index contributed by atoms with van der Waals surface area (Å²) in [5.74, 6) is -0.458. The number of para-hydroxylation sites is 1. The fourth-order valence-corrected chi connectivity index (χ4v) is 2.87. The molecule has 0 bridgehead atoms. The summed E-state index contributed by atoms with van der Waals surface area (Å²) in [5, 5.41) is 7.40. The minimum absolute atomic E-state index is 0.145. The number of hydrogen-bond acceptors (Lipinski definition) is 2. The van der Waals surface area contributed by atoms with Crippen molar-refractivity contribution in [2.75, 3.05) is 5.32 Å². The van der Waals surface area contributed by atoms with E-state index in [1.165, 1.54) is 12.1 Å². The number of nitrogens with zero attached hydrogens (tertiary/aromatic N) is 2. The van der Waals surface area contributed by atoms with E-state index in [9.17, 15) is 9.18 Å². The van der Waals surface area contributed by atoms with Crippen LogP contribution in [-0.2, 0) is 11.2 Å². The van der Waals surface area contributed by atoms with Crippen molar-refractivity contribution in [3.63, 3.8) is 0 Å². The Balaban J connectivity index is 1.81. The van der Waals surface area contributed by atoms with Gasteiger partial charge in [0.05, 0.1) is 17.8 Å². The minimum atomic E-state index is -0.314. The van der Waals surface area contributed by atoms with Gasteiger partial charge in [0.15, 0.2) is 0 Å². The molecule has 0 aliphatic rings. The van der Waals surface area contributed by atoms with E-state index in [0.29, 0.717) is 11.3 Å². The average molecular weight is 337 g/mol. The Hall–Kier alpha value is -2.95. The smallest absolute Gasteiger partial charge is 0.228 e. The van der Waals surface area contributed by atoms with Crippen LogP contribution in [0.4, 0.5) is 10.1 Å². The summed E-state index contributed by atoms with van der Waals surface area (Å²) < 4.78 is 15.0. The Morgan fingerprint density at radius 1 is 1.12 bits per heavy atom. The molecule has 3 aromatic rings. The monoisotopic (exact) mass is 337 g/mol. The van der Waals surface area contributed by atoms with E-state index in [0.717, 1.165) is 22.6 Å². The third kappa shape index (κ3) is 3.60. The van der Waals surface area contributed by atoms with Gasteiger partial charge in [-0.1, -0.05) is 18.2 Å². The maximum atomic E-state index is 13.2. The second-order valence-corrected chi connectivity index (χ2v) is 6.08. The maximum Gasteiger partial charge on any atom is 0.228 e. The molecule has 0 unspecified atom stereocenters. The van der Waals surface area contributed by atoms with E-state index >= 15 is 0 Å². The summed E-state index contributed by atoms with van der Waals surface area (Å²) in [5.41, 5.74) is 4.95. The number of rotatable bonds is 4. The molecule has 1 N–H and O–H groups in total. The highest BCUT2D eigenvalue weighted by Gasteiger charge is 2.16. The number of carbonyl (C=O) groups is 1. The van der Waals surface area contributed by atoms with Crippen LogP contribution in [-0.4, -0.2) is 15.7 Å². The lowest BCUT2D eigenvalue weighted by molar-refractivity contribution is -0.115. The highest BCUT2D eigenvalue weighted by atomic mass is 19.1. The van der Waals surface area contributed by atoms with Gasteiger partial charge in [0, 0.05) is 16.9 Å². The molecule has 2 aromatic carbocycles. The van der Waals surface area contributed by atoms with Gasteiger partial charge in [-0.05, 0) is 56.7 Å². The summed E-state index contributed by atoms with van der Waals surface area (Å²) in [6.45, 7) is 5.62. The van der Waals surface area contributed by atoms with Gasteiger partial charge in [-0.2, -0.15) is 5.10 Å². The Morgan fingerprint density at radius 2 is 1.84 bits per heavy atom. The number of benzene rings is 2. The molecular formula is C20H20FN3O. The summed E-state index contributed by atoms with van der Waals surface area (Å²) in [6.07, 6.45) is 0.224. The van der Waals surface area contributed by atoms with E-state index in [-0.39, 0.29) is 18.1 Å². The predicted molar refractivity (Wildman–Crippen MR) is 96.5 cm³/mol. The predicted octanol–water partition coefficient (Wildman–Crippen LogP) is 4.12. The molecule has 25 heavy (non-hydrogen) atoms. The zero-order valence-corrected chi connectivity index (χ0v) is 14.5. The molecule has 0 spiro atoms. The van der Waals surface area contributed by atoms with Gasteiger partial charge < -0.3 is 5.32 Å². The first kappa shape index (κ1) is 16.9. The van der Waals surface area contributed by atoms with Crippen LogP contribution in [0.25, 0.3) is 5.69 Å².